The molecule has 22 heavy (non-hydrogen) atoms. The van der Waals surface area contributed by atoms with E-state index in [1.807, 2.05) is 30.3 Å². The summed E-state index contributed by atoms with van der Waals surface area (Å²) in [6, 6.07) is 13.3. The molecular formula is C16H13F3O3. The predicted molar refractivity (Wildman–Crippen MR) is 74.2 cm³/mol. The molecule has 0 saturated heterocycles. The first kappa shape index (κ1) is 15.9. The van der Waals surface area contributed by atoms with E-state index >= 15 is 0 Å². The highest BCUT2D eigenvalue weighted by atomic mass is 19.4. The van der Waals surface area contributed by atoms with Crippen molar-refractivity contribution in [2.24, 2.45) is 0 Å². The number of carbonyl (C=O) groups excluding carboxylic acids is 1. The Labute approximate surface area is 125 Å². The van der Waals surface area contributed by atoms with Crippen LogP contribution in [0.5, 0.6) is 11.5 Å². The second-order valence-electron chi connectivity index (χ2n) is 4.50. The first-order chi connectivity index (χ1) is 10.5. The Hall–Kier alpha value is -2.50. The third-order valence-corrected chi connectivity index (χ3v) is 2.75. The van der Waals surface area contributed by atoms with Crippen LogP contribution in [-0.4, -0.2) is 19.1 Å². The van der Waals surface area contributed by atoms with Gasteiger partial charge in [-0.1, -0.05) is 30.3 Å². The lowest BCUT2D eigenvalue weighted by atomic mass is 10.2. The van der Waals surface area contributed by atoms with E-state index in [0.717, 1.165) is 5.56 Å². The molecule has 116 valence electrons. The number of hydrogen-bond donors (Lipinski definition) is 0. The third kappa shape index (κ3) is 4.80. The summed E-state index contributed by atoms with van der Waals surface area (Å²) in [5.74, 6) is 0.254. The minimum absolute atomic E-state index is 0.0357. The van der Waals surface area contributed by atoms with Crippen LogP contribution < -0.4 is 9.47 Å². The lowest BCUT2D eigenvalue weighted by Crippen LogP contribution is -2.19. The molecule has 2 aromatic rings. The van der Waals surface area contributed by atoms with Gasteiger partial charge in [-0.2, -0.15) is 13.2 Å². The largest absolute Gasteiger partial charge is 0.488 e. The van der Waals surface area contributed by atoms with Crippen LogP contribution in [0.15, 0.2) is 48.5 Å². The zero-order valence-corrected chi connectivity index (χ0v) is 11.5. The SMILES string of the molecule is O=Cc1cc(OCC(F)(F)F)ccc1OCc1ccccc1. The molecule has 0 spiro atoms. The molecule has 0 aliphatic heterocycles. The fourth-order valence-electron chi connectivity index (χ4n) is 1.74. The Morgan fingerprint density at radius 1 is 1.00 bits per heavy atom. The molecule has 0 N–H and O–H groups in total. The van der Waals surface area contributed by atoms with Crippen molar-refractivity contribution in [3.8, 4) is 11.5 Å². The molecule has 0 unspecified atom stereocenters. The Morgan fingerprint density at radius 2 is 1.73 bits per heavy atom. The van der Waals surface area contributed by atoms with Crippen LogP contribution in [0.2, 0.25) is 0 Å². The maximum absolute atomic E-state index is 12.1. The molecule has 3 nitrogen and oxygen atoms in total. The number of rotatable bonds is 6. The van der Waals surface area contributed by atoms with Crippen molar-refractivity contribution in [2.45, 2.75) is 12.8 Å². The Kier molecular flexibility index (Phi) is 5.04. The van der Waals surface area contributed by atoms with Gasteiger partial charge < -0.3 is 9.47 Å². The van der Waals surface area contributed by atoms with Gasteiger partial charge in [0.05, 0.1) is 5.56 Å². The van der Waals surface area contributed by atoms with Crippen LogP contribution >= 0.6 is 0 Å². The quantitative estimate of drug-likeness (QED) is 0.756. The van der Waals surface area contributed by atoms with E-state index in [0.29, 0.717) is 12.0 Å². The Bertz CT molecular complexity index is 624. The maximum Gasteiger partial charge on any atom is 0.422 e. The van der Waals surface area contributed by atoms with Crippen molar-refractivity contribution in [1.82, 2.24) is 0 Å². The van der Waals surface area contributed by atoms with Gasteiger partial charge in [-0.05, 0) is 23.8 Å². The van der Waals surface area contributed by atoms with Crippen LogP contribution in [0.3, 0.4) is 0 Å². The first-order valence-electron chi connectivity index (χ1n) is 6.43. The molecule has 0 radical (unpaired) electrons. The lowest BCUT2D eigenvalue weighted by Gasteiger charge is -2.12. The van der Waals surface area contributed by atoms with Crippen LogP contribution in [0.25, 0.3) is 0 Å². The van der Waals surface area contributed by atoms with Gasteiger partial charge in [0.1, 0.15) is 18.1 Å². The number of benzene rings is 2. The van der Waals surface area contributed by atoms with Gasteiger partial charge in [-0.15, -0.1) is 0 Å². The minimum Gasteiger partial charge on any atom is -0.488 e. The van der Waals surface area contributed by atoms with Gasteiger partial charge in [-0.3, -0.25) is 4.79 Å². The molecule has 2 aromatic carbocycles. The normalized spacial score (nSPS) is 11.0. The standard InChI is InChI=1S/C16H13F3O3/c17-16(18,19)11-22-14-6-7-15(13(8-14)9-20)21-10-12-4-2-1-3-5-12/h1-9H,10-11H2. The van der Waals surface area contributed by atoms with Crippen molar-refractivity contribution < 1.29 is 27.4 Å². The van der Waals surface area contributed by atoms with E-state index in [1.165, 1.54) is 18.2 Å². The summed E-state index contributed by atoms with van der Waals surface area (Å²) in [6.07, 6.45) is -3.91. The van der Waals surface area contributed by atoms with E-state index in [4.69, 9.17) is 4.74 Å². The van der Waals surface area contributed by atoms with Crippen molar-refractivity contribution in [2.75, 3.05) is 6.61 Å². The van der Waals surface area contributed by atoms with E-state index in [2.05, 4.69) is 4.74 Å². The molecule has 0 fully saturated rings. The summed E-state index contributed by atoms with van der Waals surface area (Å²) in [5.41, 5.74) is 1.05. The molecule has 0 bridgehead atoms. The second-order valence-corrected chi connectivity index (χ2v) is 4.50. The zero-order chi connectivity index (χ0) is 16.0. The third-order valence-electron chi connectivity index (χ3n) is 2.75. The van der Waals surface area contributed by atoms with Crippen molar-refractivity contribution in [1.29, 1.82) is 0 Å². The fourth-order valence-corrected chi connectivity index (χ4v) is 1.74. The number of hydrogen-bond acceptors (Lipinski definition) is 3. The fraction of sp³-hybridized carbons (Fsp3) is 0.188. The van der Waals surface area contributed by atoms with Crippen molar-refractivity contribution in [3.63, 3.8) is 0 Å². The van der Waals surface area contributed by atoms with Gasteiger partial charge in [-0.25, -0.2) is 0 Å². The van der Waals surface area contributed by atoms with Crippen molar-refractivity contribution >= 4 is 6.29 Å². The number of aldehydes is 1. The molecule has 0 aromatic heterocycles. The summed E-state index contributed by atoms with van der Waals surface area (Å²) in [5, 5.41) is 0. The van der Waals surface area contributed by atoms with Crippen LogP contribution in [0.4, 0.5) is 13.2 Å². The van der Waals surface area contributed by atoms with E-state index in [-0.39, 0.29) is 17.9 Å². The van der Waals surface area contributed by atoms with Crippen LogP contribution in [-0.2, 0) is 6.61 Å². The molecule has 0 amide bonds. The Morgan fingerprint density at radius 3 is 2.36 bits per heavy atom. The van der Waals surface area contributed by atoms with Gasteiger partial charge in [0.15, 0.2) is 12.9 Å². The molecule has 0 aliphatic carbocycles. The number of alkyl halides is 3. The van der Waals surface area contributed by atoms with Gasteiger partial charge in [0, 0.05) is 0 Å². The molecule has 0 aliphatic rings. The summed E-state index contributed by atoms with van der Waals surface area (Å²) in [7, 11) is 0. The molecule has 6 heteroatoms. The van der Waals surface area contributed by atoms with Crippen LogP contribution in [0, 0.1) is 0 Å². The Balaban J connectivity index is 2.04. The van der Waals surface area contributed by atoms with Gasteiger partial charge >= 0.3 is 6.18 Å². The zero-order valence-electron chi connectivity index (χ0n) is 11.5. The molecule has 0 atom stereocenters. The van der Waals surface area contributed by atoms with Gasteiger partial charge in [0.2, 0.25) is 0 Å². The van der Waals surface area contributed by atoms with E-state index in [9.17, 15) is 18.0 Å². The smallest absolute Gasteiger partial charge is 0.422 e. The number of ether oxygens (including phenoxy) is 2. The van der Waals surface area contributed by atoms with Crippen molar-refractivity contribution in [3.05, 3.63) is 59.7 Å². The molecule has 2 rings (SSSR count). The minimum atomic E-state index is -4.43. The monoisotopic (exact) mass is 310 g/mol. The van der Waals surface area contributed by atoms with Gasteiger partial charge in [0.25, 0.3) is 0 Å². The summed E-state index contributed by atoms with van der Waals surface area (Å²) >= 11 is 0. The summed E-state index contributed by atoms with van der Waals surface area (Å²) in [6.45, 7) is -1.15. The maximum atomic E-state index is 12.1. The average Bonchev–Trinajstić information content (AvgIpc) is 2.51. The number of carbonyl (C=O) groups is 1. The number of halogens is 3. The topological polar surface area (TPSA) is 35.5 Å². The molecule has 0 saturated carbocycles. The first-order valence-corrected chi connectivity index (χ1v) is 6.43. The predicted octanol–water partition coefficient (Wildman–Crippen LogP) is 4.02. The average molecular weight is 310 g/mol. The van der Waals surface area contributed by atoms with Crippen LogP contribution in [0.1, 0.15) is 15.9 Å². The lowest BCUT2D eigenvalue weighted by molar-refractivity contribution is -0.153. The second kappa shape index (κ2) is 6.98. The molecule has 0 heterocycles. The van der Waals surface area contributed by atoms with E-state index < -0.39 is 12.8 Å². The van der Waals surface area contributed by atoms with E-state index in [1.54, 1.807) is 0 Å². The molecular weight excluding hydrogens is 297 g/mol. The summed E-state index contributed by atoms with van der Waals surface area (Å²) < 4.78 is 46.4. The highest BCUT2D eigenvalue weighted by Crippen LogP contribution is 2.25. The summed E-state index contributed by atoms with van der Waals surface area (Å²) in [4.78, 5) is 11.0. The highest BCUT2D eigenvalue weighted by molar-refractivity contribution is 5.80. The highest BCUT2D eigenvalue weighted by Gasteiger charge is 2.28.